The molecule has 0 saturated carbocycles. The number of rotatable bonds is 7. The second-order valence-electron chi connectivity index (χ2n) is 8.01. The Morgan fingerprint density at radius 1 is 1.30 bits per heavy atom. The molecule has 0 spiro atoms. The predicted octanol–water partition coefficient (Wildman–Crippen LogP) is 3.28. The number of hydrogen-bond donors (Lipinski definition) is 2. The van der Waals surface area contributed by atoms with Crippen molar-refractivity contribution >= 4 is 12.0 Å². The third kappa shape index (κ3) is 8.39. The van der Waals surface area contributed by atoms with E-state index in [9.17, 15) is 14.7 Å². The van der Waals surface area contributed by atoms with E-state index in [0.29, 0.717) is 18.5 Å². The zero-order chi connectivity index (χ0) is 20.6. The Hall–Kier alpha value is -2.15. The lowest BCUT2D eigenvalue weighted by atomic mass is 9.89. The number of aliphatic hydroxyl groups excluding tert-OH is 1. The highest BCUT2D eigenvalue weighted by molar-refractivity contribution is 5.81. The highest BCUT2D eigenvalue weighted by atomic mass is 16.6. The van der Waals surface area contributed by atoms with E-state index in [0.717, 1.165) is 5.01 Å². The quantitative estimate of drug-likeness (QED) is 0.709. The Morgan fingerprint density at radius 3 is 2.44 bits per heavy atom. The van der Waals surface area contributed by atoms with E-state index < -0.39 is 23.7 Å². The minimum Gasteiger partial charge on any atom is -0.442 e. The van der Waals surface area contributed by atoms with Crippen LogP contribution >= 0.6 is 0 Å². The van der Waals surface area contributed by atoms with Crippen LogP contribution in [0.4, 0.5) is 4.79 Å². The molecule has 7 heteroatoms. The van der Waals surface area contributed by atoms with Crippen molar-refractivity contribution < 1.29 is 19.4 Å². The maximum atomic E-state index is 12.8. The van der Waals surface area contributed by atoms with Gasteiger partial charge in [-0.25, -0.2) is 9.80 Å². The lowest BCUT2D eigenvalue weighted by Gasteiger charge is -2.30. The fourth-order valence-electron chi connectivity index (χ4n) is 2.48. The minimum absolute atomic E-state index is 0.0153. The number of nitrogens with zero attached hydrogens (tertiary/aromatic N) is 2. The van der Waals surface area contributed by atoms with Crippen LogP contribution in [0.5, 0.6) is 0 Å². The third-order valence-corrected chi connectivity index (χ3v) is 4.04. The number of pyridine rings is 1. The molecule has 0 saturated heterocycles. The molecule has 1 heterocycles. The van der Waals surface area contributed by atoms with Gasteiger partial charge in [0.2, 0.25) is 5.91 Å². The van der Waals surface area contributed by atoms with E-state index in [-0.39, 0.29) is 18.4 Å². The monoisotopic (exact) mass is 379 g/mol. The summed E-state index contributed by atoms with van der Waals surface area (Å²) in [6.45, 7) is 11.1. The van der Waals surface area contributed by atoms with Gasteiger partial charge in [-0.2, -0.15) is 0 Å². The maximum absolute atomic E-state index is 12.8. The SMILES string of the molecule is CC[C@H](O)C[C@H](C(=O)NN(Cc1ccccn1)C(=O)OC(C)(C)C)C(C)C. The van der Waals surface area contributed by atoms with Gasteiger partial charge < -0.3 is 9.84 Å². The number of hydrogen-bond acceptors (Lipinski definition) is 5. The summed E-state index contributed by atoms with van der Waals surface area (Å²) in [5, 5.41) is 11.1. The molecule has 1 rings (SSSR count). The summed E-state index contributed by atoms with van der Waals surface area (Å²) in [5.41, 5.74) is 2.60. The summed E-state index contributed by atoms with van der Waals surface area (Å²) >= 11 is 0. The predicted molar refractivity (Wildman–Crippen MR) is 103 cm³/mol. The van der Waals surface area contributed by atoms with Crippen LogP contribution in [-0.2, 0) is 16.1 Å². The topological polar surface area (TPSA) is 91.8 Å². The standard InChI is InChI=1S/C20H33N3O4/c1-7-16(24)12-17(14(2)3)18(25)22-23(19(26)27-20(4,5)6)13-15-10-8-9-11-21-15/h8-11,14,16-17,24H,7,12-13H2,1-6H3,(H,22,25)/t16-,17-/m0/s1. The van der Waals surface area contributed by atoms with Gasteiger partial charge in [0.1, 0.15) is 5.60 Å². The van der Waals surface area contributed by atoms with Gasteiger partial charge in [0.25, 0.3) is 0 Å². The smallest absolute Gasteiger partial charge is 0.429 e. The first-order valence-corrected chi connectivity index (χ1v) is 9.42. The number of hydrazine groups is 1. The highest BCUT2D eigenvalue weighted by Gasteiger charge is 2.29. The molecular weight excluding hydrogens is 346 g/mol. The van der Waals surface area contributed by atoms with Gasteiger partial charge in [-0.05, 0) is 51.7 Å². The molecule has 0 aromatic carbocycles. The van der Waals surface area contributed by atoms with Crippen molar-refractivity contribution in [1.82, 2.24) is 15.4 Å². The Balaban J connectivity index is 2.96. The second-order valence-corrected chi connectivity index (χ2v) is 8.01. The number of nitrogens with one attached hydrogen (secondary N) is 1. The van der Waals surface area contributed by atoms with Gasteiger partial charge in [0.05, 0.1) is 18.3 Å². The number of amides is 2. The van der Waals surface area contributed by atoms with Crippen molar-refractivity contribution in [1.29, 1.82) is 0 Å². The first-order chi connectivity index (χ1) is 12.5. The molecule has 1 aromatic rings. The summed E-state index contributed by atoms with van der Waals surface area (Å²) in [6.07, 6.45) is 1.32. The molecule has 2 amide bonds. The summed E-state index contributed by atoms with van der Waals surface area (Å²) in [7, 11) is 0. The van der Waals surface area contributed by atoms with Crippen LogP contribution < -0.4 is 5.43 Å². The second kappa shape index (κ2) is 10.3. The summed E-state index contributed by atoms with van der Waals surface area (Å²) in [5.74, 6) is -0.727. The van der Waals surface area contributed by atoms with E-state index in [1.807, 2.05) is 26.8 Å². The summed E-state index contributed by atoms with van der Waals surface area (Å²) < 4.78 is 5.41. The molecule has 0 fully saturated rings. The third-order valence-electron chi connectivity index (χ3n) is 4.04. The zero-order valence-corrected chi connectivity index (χ0v) is 17.2. The van der Waals surface area contributed by atoms with Crippen molar-refractivity contribution in [2.75, 3.05) is 0 Å². The van der Waals surface area contributed by atoms with Crippen LogP contribution in [0.2, 0.25) is 0 Å². The molecule has 152 valence electrons. The lowest BCUT2D eigenvalue weighted by Crippen LogP contribution is -2.50. The zero-order valence-electron chi connectivity index (χ0n) is 17.2. The maximum Gasteiger partial charge on any atom is 0.429 e. The largest absolute Gasteiger partial charge is 0.442 e. The van der Waals surface area contributed by atoms with Crippen LogP contribution in [0.25, 0.3) is 0 Å². The van der Waals surface area contributed by atoms with Gasteiger partial charge in [0, 0.05) is 12.1 Å². The fraction of sp³-hybridized carbons (Fsp3) is 0.650. The van der Waals surface area contributed by atoms with Gasteiger partial charge >= 0.3 is 6.09 Å². The van der Waals surface area contributed by atoms with Gasteiger partial charge in [0.15, 0.2) is 0 Å². The Morgan fingerprint density at radius 2 is 1.96 bits per heavy atom. The summed E-state index contributed by atoms with van der Waals surface area (Å²) in [4.78, 5) is 29.6. The molecule has 27 heavy (non-hydrogen) atoms. The minimum atomic E-state index is -0.694. The normalized spacial score (nSPS) is 13.8. The lowest BCUT2D eigenvalue weighted by molar-refractivity contribution is -0.132. The molecule has 0 radical (unpaired) electrons. The van der Waals surface area contributed by atoms with Crippen LogP contribution in [0.15, 0.2) is 24.4 Å². The van der Waals surface area contributed by atoms with Gasteiger partial charge in [-0.1, -0.05) is 26.8 Å². The van der Waals surface area contributed by atoms with Crippen molar-refractivity contribution in [3.63, 3.8) is 0 Å². The van der Waals surface area contributed by atoms with Crippen LogP contribution in [0.1, 0.15) is 60.1 Å². The van der Waals surface area contributed by atoms with E-state index in [2.05, 4.69) is 10.4 Å². The van der Waals surface area contributed by atoms with E-state index in [1.165, 1.54) is 0 Å². The number of carbonyl (C=O) groups excluding carboxylic acids is 2. The number of aromatic nitrogens is 1. The molecule has 7 nitrogen and oxygen atoms in total. The van der Waals surface area contributed by atoms with Crippen molar-refractivity contribution in [2.45, 2.75) is 72.6 Å². The first-order valence-electron chi connectivity index (χ1n) is 9.42. The Kier molecular flexibility index (Phi) is 8.69. The Bertz CT molecular complexity index is 599. The molecule has 0 aliphatic heterocycles. The number of aliphatic hydroxyl groups is 1. The molecular formula is C20H33N3O4. The van der Waals surface area contributed by atoms with Gasteiger partial charge in [-0.15, -0.1) is 0 Å². The van der Waals surface area contributed by atoms with Gasteiger partial charge in [-0.3, -0.25) is 15.2 Å². The molecule has 0 bridgehead atoms. The van der Waals surface area contributed by atoms with Crippen LogP contribution in [0.3, 0.4) is 0 Å². The Labute approximate surface area is 162 Å². The molecule has 2 N–H and O–H groups in total. The molecule has 0 aliphatic rings. The molecule has 0 aliphatic carbocycles. The van der Waals surface area contributed by atoms with Crippen molar-refractivity contribution in [2.24, 2.45) is 11.8 Å². The number of ether oxygens (including phenoxy) is 1. The summed E-state index contributed by atoms with van der Waals surface area (Å²) in [6, 6.07) is 5.36. The van der Waals surface area contributed by atoms with E-state index in [1.54, 1.807) is 39.1 Å². The van der Waals surface area contributed by atoms with Crippen LogP contribution in [0, 0.1) is 11.8 Å². The van der Waals surface area contributed by atoms with Crippen molar-refractivity contribution in [3.05, 3.63) is 30.1 Å². The number of carbonyl (C=O) groups is 2. The van der Waals surface area contributed by atoms with Crippen molar-refractivity contribution in [3.8, 4) is 0 Å². The fourth-order valence-corrected chi connectivity index (χ4v) is 2.48. The van der Waals surface area contributed by atoms with E-state index >= 15 is 0 Å². The average Bonchev–Trinajstić information content (AvgIpc) is 2.57. The molecule has 0 unspecified atom stereocenters. The van der Waals surface area contributed by atoms with Crippen LogP contribution in [-0.4, -0.2) is 38.8 Å². The van der Waals surface area contributed by atoms with E-state index in [4.69, 9.17) is 4.74 Å². The first kappa shape index (κ1) is 22.9. The molecule has 2 atom stereocenters. The average molecular weight is 380 g/mol. The highest BCUT2D eigenvalue weighted by Crippen LogP contribution is 2.20. The molecule has 1 aromatic heterocycles.